The number of thiazole rings is 1. The standard InChI is InChI=1S/C35H29FN2O5S/c1-4-42-34(40)30-21(2)37-35-38(32(30)31-25-14-8-5-11-22(25)17-18-28(31)41-3)33(39)29(44-35)19-23-12-7-10-16-27(23)43-20-24-13-6-9-15-26(24)36/h5-19,32H,4,20H2,1-3H3/b29-19-/t32-/m0/s1. The molecule has 1 aliphatic heterocycles. The number of nitrogens with zero attached hydrogens (tertiary/aromatic N) is 2. The van der Waals surface area contributed by atoms with E-state index in [1.807, 2.05) is 54.6 Å². The summed E-state index contributed by atoms with van der Waals surface area (Å²) in [5.41, 5.74) is 2.15. The zero-order valence-electron chi connectivity index (χ0n) is 24.4. The summed E-state index contributed by atoms with van der Waals surface area (Å²) in [5, 5.41) is 1.78. The Balaban J connectivity index is 1.53. The first-order valence-corrected chi connectivity index (χ1v) is 14.9. The maximum absolute atomic E-state index is 14.3. The predicted octanol–water partition coefficient (Wildman–Crippen LogP) is 5.68. The molecule has 0 N–H and O–H groups in total. The van der Waals surface area contributed by atoms with Gasteiger partial charge in [0.1, 0.15) is 30.0 Å². The van der Waals surface area contributed by atoms with Crippen LogP contribution in [-0.4, -0.2) is 24.3 Å². The molecule has 0 aliphatic carbocycles. The van der Waals surface area contributed by atoms with Gasteiger partial charge in [0.15, 0.2) is 4.80 Å². The number of rotatable bonds is 8. The maximum atomic E-state index is 14.3. The lowest BCUT2D eigenvalue weighted by molar-refractivity contribution is -0.139. The first-order valence-electron chi connectivity index (χ1n) is 14.1. The fourth-order valence-electron chi connectivity index (χ4n) is 5.44. The number of carbonyl (C=O) groups is 1. The van der Waals surface area contributed by atoms with Crippen LogP contribution in [0.4, 0.5) is 4.39 Å². The van der Waals surface area contributed by atoms with Gasteiger partial charge in [-0.05, 0) is 48.9 Å². The number of para-hydroxylation sites is 1. The van der Waals surface area contributed by atoms with Crippen LogP contribution in [0.5, 0.6) is 11.5 Å². The smallest absolute Gasteiger partial charge is 0.338 e. The summed E-state index contributed by atoms with van der Waals surface area (Å²) in [5.74, 6) is 0.133. The summed E-state index contributed by atoms with van der Waals surface area (Å²) in [6, 6.07) is 24.4. The van der Waals surface area contributed by atoms with Crippen molar-refractivity contribution in [3.8, 4) is 11.5 Å². The van der Waals surface area contributed by atoms with Gasteiger partial charge in [0.05, 0.1) is 29.5 Å². The minimum atomic E-state index is -0.846. The maximum Gasteiger partial charge on any atom is 0.338 e. The summed E-state index contributed by atoms with van der Waals surface area (Å²) in [6.07, 6.45) is 1.74. The van der Waals surface area contributed by atoms with E-state index in [1.165, 1.54) is 17.4 Å². The highest BCUT2D eigenvalue weighted by atomic mass is 32.1. The molecule has 0 unspecified atom stereocenters. The second kappa shape index (κ2) is 12.3. The number of esters is 1. The minimum Gasteiger partial charge on any atom is -0.496 e. The largest absolute Gasteiger partial charge is 0.496 e. The molecule has 4 aromatic carbocycles. The third-order valence-corrected chi connectivity index (χ3v) is 8.47. The SMILES string of the molecule is CCOC(=O)C1=C(C)N=c2s/c(=C\c3ccccc3OCc3ccccc3F)c(=O)n2[C@@H]1c1c(OC)ccc2ccccc12. The van der Waals surface area contributed by atoms with E-state index < -0.39 is 12.0 Å². The van der Waals surface area contributed by atoms with Crippen molar-refractivity contribution in [1.29, 1.82) is 0 Å². The minimum absolute atomic E-state index is 0.0295. The molecule has 1 aliphatic rings. The average Bonchev–Trinajstić information content (AvgIpc) is 3.33. The van der Waals surface area contributed by atoms with Crippen LogP contribution >= 0.6 is 11.3 Å². The number of ether oxygens (including phenoxy) is 3. The average molecular weight is 609 g/mol. The van der Waals surface area contributed by atoms with Gasteiger partial charge in [0.2, 0.25) is 0 Å². The van der Waals surface area contributed by atoms with E-state index in [2.05, 4.69) is 0 Å². The third-order valence-electron chi connectivity index (χ3n) is 7.49. The van der Waals surface area contributed by atoms with Gasteiger partial charge in [0, 0.05) is 16.7 Å². The van der Waals surface area contributed by atoms with E-state index in [0.717, 1.165) is 10.8 Å². The number of benzene rings is 4. The fourth-order valence-corrected chi connectivity index (χ4v) is 6.48. The van der Waals surface area contributed by atoms with Gasteiger partial charge in [-0.2, -0.15) is 0 Å². The highest BCUT2D eigenvalue weighted by Gasteiger charge is 2.36. The van der Waals surface area contributed by atoms with Gasteiger partial charge < -0.3 is 14.2 Å². The van der Waals surface area contributed by atoms with Gasteiger partial charge in [-0.3, -0.25) is 9.36 Å². The van der Waals surface area contributed by atoms with Gasteiger partial charge in [-0.1, -0.05) is 78.1 Å². The molecular weight excluding hydrogens is 579 g/mol. The summed E-state index contributed by atoms with van der Waals surface area (Å²) in [7, 11) is 1.57. The van der Waals surface area contributed by atoms with Crippen LogP contribution in [0, 0.1) is 5.82 Å². The molecule has 2 heterocycles. The Labute approximate surface area is 256 Å². The normalized spacial score (nSPS) is 14.7. The molecule has 0 saturated carbocycles. The zero-order chi connectivity index (χ0) is 30.8. The summed E-state index contributed by atoms with van der Waals surface area (Å²) >= 11 is 1.22. The molecule has 1 atom stereocenters. The Hall–Kier alpha value is -5.02. The molecule has 44 heavy (non-hydrogen) atoms. The Kier molecular flexibility index (Phi) is 8.13. The van der Waals surface area contributed by atoms with Crippen LogP contribution < -0.4 is 24.4 Å². The quantitative estimate of drug-likeness (QED) is 0.212. The summed E-state index contributed by atoms with van der Waals surface area (Å²) in [4.78, 5) is 32.9. The van der Waals surface area contributed by atoms with Gasteiger partial charge in [-0.25, -0.2) is 14.2 Å². The van der Waals surface area contributed by atoms with Crippen molar-refractivity contribution in [2.75, 3.05) is 13.7 Å². The highest BCUT2D eigenvalue weighted by Crippen LogP contribution is 2.40. The lowest BCUT2D eigenvalue weighted by Crippen LogP contribution is -2.40. The second-order valence-electron chi connectivity index (χ2n) is 10.1. The van der Waals surface area contributed by atoms with Crippen LogP contribution in [0.3, 0.4) is 0 Å². The van der Waals surface area contributed by atoms with Crippen molar-refractivity contribution in [3.63, 3.8) is 0 Å². The Bertz CT molecular complexity index is 2110. The summed E-state index contributed by atoms with van der Waals surface area (Å²) < 4.78 is 33.4. The third kappa shape index (κ3) is 5.31. The van der Waals surface area contributed by atoms with Crippen LogP contribution in [0.1, 0.15) is 36.6 Å². The molecule has 0 radical (unpaired) electrons. The van der Waals surface area contributed by atoms with Crippen molar-refractivity contribution in [2.24, 2.45) is 4.99 Å². The van der Waals surface area contributed by atoms with E-state index in [1.54, 1.807) is 55.9 Å². The topological polar surface area (TPSA) is 79.1 Å². The lowest BCUT2D eigenvalue weighted by atomic mass is 9.90. The molecule has 0 saturated heterocycles. The molecule has 0 fully saturated rings. The zero-order valence-corrected chi connectivity index (χ0v) is 25.2. The number of allylic oxidation sites excluding steroid dienone is 1. The second-order valence-corrected chi connectivity index (χ2v) is 11.1. The predicted molar refractivity (Wildman–Crippen MR) is 168 cm³/mol. The van der Waals surface area contributed by atoms with Gasteiger partial charge in [0.25, 0.3) is 5.56 Å². The molecule has 1 aromatic heterocycles. The van der Waals surface area contributed by atoms with E-state index in [4.69, 9.17) is 19.2 Å². The molecule has 5 aromatic rings. The molecule has 0 amide bonds. The van der Waals surface area contributed by atoms with E-state index in [9.17, 15) is 14.0 Å². The van der Waals surface area contributed by atoms with Crippen LogP contribution in [-0.2, 0) is 16.1 Å². The van der Waals surface area contributed by atoms with Crippen LogP contribution in [0.15, 0.2) is 106 Å². The number of carbonyl (C=O) groups excluding carboxylic acids is 1. The first-order chi connectivity index (χ1) is 21.4. The summed E-state index contributed by atoms with van der Waals surface area (Å²) in [6.45, 7) is 3.69. The van der Waals surface area contributed by atoms with Gasteiger partial charge >= 0.3 is 5.97 Å². The van der Waals surface area contributed by atoms with Crippen molar-refractivity contribution >= 4 is 34.2 Å². The Morgan fingerprint density at radius 1 is 1.00 bits per heavy atom. The molecule has 7 nitrogen and oxygen atoms in total. The van der Waals surface area contributed by atoms with Gasteiger partial charge in [-0.15, -0.1) is 0 Å². The molecule has 9 heteroatoms. The number of hydrogen-bond acceptors (Lipinski definition) is 7. The van der Waals surface area contributed by atoms with Crippen molar-refractivity contribution in [2.45, 2.75) is 26.5 Å². The van der Waals surface area contributed by atoms with E-state index >= 15 is 0 Å². The van der Waals surface area contributed by atoms with E-state index in [-0.39, 0.29) is 30.2 Å². The number of halogens is 1. The Morgan fingerprint density at radius 2 is 1.75 bits per heavy atom. The highest BCUT2D eigenvalue weighted by molar-refractivity contribution is 7.07. The fraction of sp³-hybridized carbons (Fsp3) is 0.171. The molecule has 0 spiro atoms. The van der Waals surface area contributed by atoms with Crippen LogP contribution in [0.2, 0.25) is 0 Å². The molecular formula is C35H29FN2O5S. The first kappa shape index (κ1) is 29.1. The number of hydrogen-bond donors (Lipinski definition) is 0. The molecule has 6 rings (SSSR count). The molecule has 0 bridgehead atoms. The Morgan fingerprint density at radius 3 is 2.55 bits per heavy atom. The monoisotopic (exact) mass is 608 g/mol. The van der Waals surface area contributed by atoms with Crippen molar-refractivity contribution in [1.82, 2.24) is 4.57 Å². The lowest BCUT2D eigenvalue weighted by Gasteiger charge is -2.27. The van der Waals surface area contributed by atoms with Crippen molar-refractivity contribution < 1.29 is 23.4 Å². The molecule has 222 valence electrons. The van der Waals surface area contributed by atoms with Crippen LogP contribution in [0.25, 0.3) is 16.8 Å². The van der Waals surface area contributed by atoms with Crippen molar-refractivity contribution in [3.05, 3.63) is 138 Å². The number of aromatic nitrogens is 1. The number of methoxy groups -OCH3 is 1. The number of fused-ring (bicyclic) bond motifs is 2. The van der Waals surface area contributed by atoms with E-state index in [0.29, 0.717) is 43.2 Å².